The van der Waals surface area contributed by atoms with Crippen LogP contribution in [0.5, 0.6) is 0 Å². The normalized spacial score (nSPS) is 12.5. The van der Waals surface area contributed by atoms with Crippen LogP contribution >= 0.6 is 11.8 Å². The van der Waals surface area contributed by atoms with Crippen LogP contribution in [0.1, 0.15) is 10.5 Å². The van der Waals surface area contributed by atoms with Gasteiger partial charge in [0.1, 0.15) is 0 Å². The number of hydrogen-bond acceptors (Lipinski definition) is 4. The Morgan fingerprint density at radius 1 is 1.29 bits per heavy atom. The number of fused-ring (bicyclic) bond motifs is 1. The van der Waals surface area contributed by atoms with Crippen molar-refractivity contribution < 1.29 is 18.3 Å². The molecule has 3 rings (SSSR count). The highest BCUT2D eigenvalue weighted by Gasteiger charge is 2.26. The van der Waals surface area contributed by atoms with E-state index in [9.17, 15) is 13.6 Å². The van der Waals surface area contributed by atoms with E-state index >= 15 is 0 Å². The fourth-order valence-electron chi connectivity index (χ4n) is 2.58. The van der Waals surface area contributed by atoms with Crippen molar-refractivity contribution in [3.8, 4) is 11.3 Å². The fourth-order valence-corrected chi connectivity index (χ4v) is 3.10. The van der Waals surface area contributed by atoms with Gasteiger partial charge in [-0.25, -0.2) is 8.78 Å². The summed E-state index contributed by atoms with van der Waals surface area (Å²) in [5, 5.41) is 0.395. The van der Waals surface area contributed by atoms with E-state index < -0.39 is 17.1 Å². The van der Waals surface area contributed by atoms with Gasteiger partial charge in [-0.15, -0.1) is 11.8 Å². The van der Waals surface area contributed by atoms with Crippen molar-refractivity contribution >= 4 is 28.4 Å². The molecule has 24 heavy (non-hydrogen) atoms. The topological polar surface area (TPSA) is 55.0 Å². The minimum Gasteiger partial charge on any atom is -0.362 e. The first-order valence-electron chi connectivity index (χ1n) is 7.08. The van der Waals surface area contributed by atoms with Gasteiger partial charge in [0.2, 0.25) is 5.78 Å². The van der Waals surface area contributed by atoms with Crippen LogP contribution in [0.4, 0.5) is 8.78 Å². The minimum atomic E-state index is -0.983. The van der Waals surface area contributed by atoms with Crippen LogP contribution in [0.25, 0.3) is 22.2 Å². The van der Waals surface area contributed by atoms with Crippen LogP contribution in [0.15, 0.2) is 36.5 Å². The maximum atomic E-state index is 13.7. The van der Waals surface area contributed by atoms with Gasteiger partial charge >= 0.3 is 0 Å². The van der Waals surface area contributed by atoms with Gasteiger partial charge in [-0.3, -0.25) is 9.78 Å². The number of aromatic nitrogens is 2. The molecule has 0 spiro atoms. The van der Waals surface area contributed by atoms with Crippen molar-refractivity contribution in [1.82, 2.24) is 9.97 Å². The van der Waals surface area contributed by atoms with Crippen LogP contribution < -0.4 is 0 Å². The Bertz CT molecular complexity index is 892. The smallest absolute Gasteiger partial charge is 0.218 e. The molecular formula is C17H14F2N2O2S. The standard InChI is InChI=1S/C17H14F2N2O2S/c1-23-17(24-2)16(22)15-14(12-5-3-4-6-20-12)9-7-10(18)11(19)8-13(9)21-15/h3-8,17,21H,1-2H3. The van der Waals surface area contributed by atoms with Crippen LogP contribution in [0.2, 0.25) is 0 Å². The van der Waals surface area contributed by atoms with E-state index in [-0.39, 0.29) is 11.5 Å². The third kappa shape index (κ3) is 2.81. The third-order valence-electron chi connectivity index (χ3n) is 3.65. The summed E-state index contributed by atoms with van der Waals surface area (Å²) >= 11 is 1.23. The number of nitrogens with zero attached hydrogens (tertiary/aromatic N) is 1. The summed E-state index contributed by atoms with van der Waals surface area (Å²) in [6.45, 7) is 0. The summed E-state index contributed by atoms with van der Waals surface area (Å²) in [7, 11) is 1.43. The molecule has 0 radical (unpaired) electrons. The van der Waals surface area contributed by atoms with Crippen molar-refractivity contribution in [1.29, 1.82) is 0 Å². The molecule has 124 valence electrons. The Morgan fingerprint density at radius 2 is 2.04 bits per heavy atom. The van der Waals surface area contributed by atoms with Gasteiger partial charge in [0.05, 0.1) is 11.4 Å². The lowest BCUT2D eigenvalue weighted by molar-refractivity contribution is 0.0791. The number of thioether (sulfide) groups is 1. The summed E-state index contributed by atoms with van der Waals surface area (Å²) in [5.74, 6) is -2.28. The molecule has 0 amide bonds. The molecular weight excluding hydrogens is 334 g/mol. The molecule has 4 nitrogen and oxygen atoms in total. The fraction of sp³-hybridized carbons (Fsp3) is 0.176. The lowest BCUT2D eigenvalue weighted by atomic mass is 10.0. The summed E-state index contributed by atoms with van der Waals surface area (Å²) in [6, 6.07) is 7.32. The van der Waals surface area contributed by atoms with E-state index in [1.807, 2.05) is 0 Å². The Labute approximate surface area is 141 Å². The van der Waals surface area contributed by atoms with E-state index in [0.717, 1.165) is 12.1 Å². The number of carbonyl (C=O) groups excluding carboxylic acids is 1. The number of H-pyrrole nitrogens is 1. The average Bonchev–Trinajstić information content (AvgIpc) is 2.95. The Kier molecular flexibility index (Phi) is 4.64. The predicted octanol–water partition coefficient (Wildman–Crippen LogP) is 4.03. The van der Waals surface area contributed by atoms with Crippen LogP contribution in [-0.2, 0) is 4.74 Å². The number of ether oxygens (including phenoxy) is 1. The van der Waals surface area contributed by atoms with Crippen LogP contribution in [0, 0.1) is 11.6 Å². The molecule has 0 aliphatic heterocycles. The van der Waals surface area contributed by atoms with Gasteiger partial charge in [-0.1, -0.05) is 6.07 Å². The zero-order chi connectivity index (χ0) is 17.3. The monoisotopic (exact) mass is 348 g/mol. The second kappa shape index (κ2) is 6.70. The Balaban J connectivity index is 2.30. The lowest BCUT2D eigenvalue weighted by Crippen LogP contribution is -2.20. The summed E-state index contributed by atoms with van der Waals surface area (Å²) < 4.78 is 32.5. The number of Topliss-reactive ketones (excluding diaryl/α,β-unsaturated/α-hetero) is 1. The summed E-state index contributed by atoms with van der Waals surface area (Å²) in [5.41, 5.74) is 0.749. The zero-order valence-corrected chi connectivity index (χ0v) is 13.8. The molecule has 0 bridgehead atoms. The molecule has 0 saturated carbocycles. The van der Waals surface area contributed by atoms with Crippen molar-refractivity contribution in [3.05, 3.63) is 53.9 Å². The highest BCUT2D eigenvalue weighted by molar-refractivity contribution is 7.99. The highest BCUT2D eigenvalue weighted by atomic mass is 32.2. The van der Waals surface area contributed by atoms with Gasteiger partial charge in [-0.05, 0) is 24.5 Å². The SMILES string of the molecule is COC(SC)C(=O)c1[nH]c2cc(F)c(F)cc2c1-c1ccccn1. The molecule has 3 aromatic rings. The number of hydrogen-bond donors (Lipinski definition) is 1. The number of benzene rings is 1. The third-order valence-corrected chi connectivity index (χ3v) is 4.48. The van der Waals surface area contributed by atoms with Crippen LogP contribution in [-0.4, -0.2) is 34.6 Å². The van der Waals surface area contributed by atoms with E-state index in [0.29, 0.717) is 22.2 Å². The zero-order valence-electron chi connectivity index (χ0n) is 13.0. The average molecular weight is 348 g/mol. The predicted molar refractivity (Wildman–Crippen MR) is 90.1 cm³/mol. The van der Waals surface area contributed by atoms with Gasteiger partial charge in [0, 0.05) is 35.8 Å². The Morgan fingerprint density at radius 3 is 2.67 bits per heavy atom. The number of carbonyl (C=O) groups is 1. The largest absolute Gasteiger partial charge is 0.362 e. The molecule has 2 aromatic heterocycles. The first-order chi connectivity index (χ1) is 11.6. The molecule has 1 atom stereocenters. The minimum absolute atomic E-state index is 0.218. The second-order valence-corrected chi connectivity index (χ2v) is 5.97. The van der Waals surface area contributed by atoms with Gasteiger partial charge in [0.25, 0.3) is 0 Å². The van der Waals surface area contributed by atoms with Crippen molar-refractivity contribution in [2.75, 3.05) is 13.4 Å². The molecule has 7 heteroatoms. The van der Waals surface area contributed by atoms with Gasteiger partial charge in [-0.2, -0.15) is 0 Å². The molecule has 0 saturated heterocycles. The van der Waals surface area contributed by atoms with Crippen molar-refractivity contribution in [2.45, 2.75) is 5.44 Å². The molecule has 1 aromatic carbocycles. The molecule has 2 heterocycles. The number of pyridine rings is 1. The van der Waals surface area contributed by atoms with Crippen molar-refractivity contribution in [2.24, 2.45) is 0 Å². The van der Waals surface area contributed by atoms with E-state index in [1.165, 1.54) is 18.9 Å². The molecule has 0 aliphatic rings. The number of aromatic amines is 1. The van der Waals surface area contributed by atoms with Crippen molar-refractivity contribution in [3.63, 3.8) is 0 Å². The lowest BCUT2D eigenvalue weighted by Gasteiger charge is -2.11. The first-order valence-corrected chi connectivity index (χ1v) is 8.37. The summed E-state index contributed by atoms with van der Waals surface area (Å²) in [6.07, 6.45) is 3.32. The number of rotatable bonds is 5. The van der Waals surface area contributed by atoms with Crippen LogP contribution in [0.3, 0.4) is 0 Å². The first kappa shape index (κ1) is 16.6. The number of ketones is 1. The molecule has 0 fully saturated rings. The highest BCUT2D eigenvalue weighted by Crippen LogP contribution is 2.34. The number of nitrogens with one attached hydrogen (secondary N) is 1. The van der Waals surface area contributed by atoms with Gasteiger partial charge < -0.3 is 9.72 Å². The second-order valence-electron chi connectivity index (χ2n) is 5.07. The quantitative estimate of drug-likeness (QED) is 0.559. The maximum Gasteiger partial charge on any atom is 0.218 e. The number of methoxy groups -OCH3 is 1. The molecule has 1 N–H and O–H groups in total. The molecule has 1 unspecified atom stereocenters. The van der Waals surface area contributed by atoms with Gasteiger partial charge in [0.15, 0.2) is 17.1 Å². The van der Waals surface area contributed by atoms with E-state index in [1.54, 1.807) is 30.7 Å². The summed E-state index contributed by atoms with van der Waals surface area (Å²) in [4.78, 5) is 19.9. The van der Waals surface area contributed by atoms with E-state index in [4.69, 9.17) is 4.74 Å². The molecule has 0 aliphatic carbocycles. The Hall–Kier alpha value is -2.25. The maximum absolute atomic E-state index is 13.7. The number of halogens is 2. The van der Waals surface area contributed by atoms with E-state index in [2.05, 4.69) is 9.97 Å².